The van der Waals surface area contributed by atoms with Crippen molar-refractivity contribution in [1.82, 2.24) is 5.32 Å². The van der Waals surface area contributed by atoms with Gasteiger partial charge in [-0.2, -0.15) is 0 Å². The molecule has 2 aliphatic rings. The highest BCUT2D eigenvalue weighted by Crippen LogP contribution is 2.25. The molecule has 0 saturated carbocycles. The minimum Gasteiger partial charge on any atom is -0.378 e. The predicted molar refractivity (Wildman–Crippen MR) is 110 cm³/mol. The van der Waals surface area contributed by atoms with Crippen LogP contribution in [0, 0.1) is 6.92 Å². The average Bonchev–Trinajstić information content (AvgIpc) is 2.73. The zero-order valence-corrected chi connectivity index (χ0v) is 16.1. The number of imide groups is 2. The molecule has 2 fully saturated rings. The quantitative estimate of drug-likeness (QED) is 0.642. The van der Waals surface area contributed by atoms with Crippen molar-refractivity contribution in [3.05, 3.63) is 65.2 Å². The number of para-hydroxylation sites is 1. The van der Waals surface area contributed by atoms with Gasteiger partial charge < -0.3 is 9.64 Å². The Hall–Kier alpha value is -3.45. The molecule has 0 unspecified atom stereocenters. The second-order valence-corrected chi connectivity index (χ2v) is 6.93. The number of barbiturate groups is 1. The van der Waals surface area contributed by atoms with Gasteiger partial charge in [-0.15, -0.1) is 0 Å². The number of rotatable bonds is 3. The monoisotopic (exact) mass is 391 g/mol. The van der Waals surface area contributed by atoms with Crippen molar-refractivity contribution in [2.24, 2.45) is 0 Å². The van der Waals surface area contributed by atoms with Crippen LogP contribution in [-0.4, -0.2) is 44.1 Å². The van der Waals surface area contributed by atoms with Crippen LogP contribution >= 0.6 is 0 Å². The lowest BCUT2D eigenvalue weighted by Crippen LogP contribution is -2.54. The number of nitrogens with one attached hydrogen (secondary N) is 1. The Morgan fingerprint density at radius 3 is 2.38 bits per heavy atom. The molecule has 0 aromatic heterocycles. The van der Waals surface area contributed by atoms with E-state index in [9.17, 15) is 14.4 Å². The van der Waals surface area contributed by atoms with E-state index in [1.54, 1.807) is 36.4 Å². The number of carbonyl (C=O) groups excluding carboxylic acids is 3. The highest BCUT2D eigenvalue weighted by Gasteiger charge is 2.36. The maximum atomic E-state index is 12.9. The molecule has 0 spiro atoms. The summed E-state index contributed by atoms with van der Waals surface area (Å²) in [4.78, 5) is 40.7. The van der Waals surface area contributed by atoms with Crippen LogP contribution in [-0.2, 0) is 14.3 Å². The lowest BCUT2D eigenvalue weighted by molar-refractivity contribution is -0.122. The molecular weight excluding hydrogens is 370 g/mol. The summed E-state index contributed by atoms with van der Waals surface area (Å²) in [6.45, 7) is 4.98. The summed E-state index contributed by atoms with van der Waals surface area (Å²) in [7, 11) is 0. The maximum Gasteiger partial charge on any atom is 0.335 e. The van der Waals surface area contributed by atoms with Gasteiger partial charge in [0.05, 0.1) is 18.9 Å². The first-order valence-corrected chi connectivity index (χ1v) is 9.44. The Kier molecular flexibility index (Phi) is 5.14. The van der Waals surface area contributed by atoms with Crippen molar-refractivity contribution < 1.29 is 19.1 Å². The van der Waals surface area contributed by atoms with Crippen LogP contribution in [0.3, 0.4) is 0 Å². The highest BCUT2D eigenvalue weighted by atomic mass is 16.5. The first-order chi connectivity index (χ1) is 14.0. The third kappa shape index (κ3) is 3.77. The molecule has 4 amide bonds. The average molecular weight is 391 g/mol. The molecule has 0 bridgehead atoms. The summed E-state index contributed by atoms with van der Waals surface area (Å²) in [5.41, 5.74) is 3.10. The highest BCUT2D eigenvalue weighted by molar-refractivity contribution is 6.39. The van der Waals surface area contributed by atoms with E-state index in [4.69, 9.17) is 4.74 Å². The van der Waals surface area contributed by atoms with Gasteiger partial charge in [-0.05, 0) is 48.4 Å². The number of anilines is 2. The Bertz CT molecular complexity index is 994. The second-order valence-electron chi connectivity index (χ2n) is 6.93. The van der Waals surface area contributed by atoms with Crippen LogP contribution in [0.5, 0.6) is 0 Å². The van der Waals surface area contributed by atoms with Gasteiger partial charge >= 0.3 is 6.03 Å². The summed E-state index contributed by atoms with van der Waals surface area (Å²) in [5.74, 6) is -1.33. The zero-order valence-electron chi connectivity index (χ0n) is 16.1. The molecule has 0 atom stereocenters. The topological polar surface area (TPSA) is 79.0 Å². The van der Waals surface area contributed by atoms with Gasteiger partial charge in [-0.3, -0.25) is 14.9 Å². The van der Waals surface area contributed by atoms with Crippen molar-refractivity contribution >= 4 is 35.3 Å². The Labute approximate surface area is 168 Å². The van der Waals surface area contributed by atoms with E-state index < -0.39 is 17.8 Å². The number of hydrogen-bond acceptors (Lipinski definition) is 5. The first-order valence-electron chi connectivity index (χ1n) is 9.44. The van der Waals surface area contributed by atoms with Gasteiger partial charge in [-0.1, -0.05) is 24.3 Å². The number of aryl methyl sites for hydroxylation is 1. The SMILES string of the molecule is Cc1cc(N2CCOCC2)ccc1/C=C1\C(=O)NC(=O)N(c2ccccc2)C1=O. The number of amides is 4. The minimum atomic E-state index is -0.747. The summed E-state index contributed by atoms with van der Waals surface area (Å²) >= 11 is 0. The summed E-state index contributed by atoms with van der Waals surface area (Å²) in [6, 6.07) is 13.7. The fourth-order valence-electron chi connectivity index (χ4n) is 3.46. The number of carbonyl (C=O) groups is 3. The van der Waals surface area contributed by atoms with Crippen molar-refractivity contribution in [3.8, 4) is 0 Å². The van der Waals surface area contributed by atoms with Crippen molar-refractivity contribution in [1.29, 1.82) is 0 Å². The standard InChI is InChI=1S/C22H21N3O4/c1-15-13-18(24-9-11-29-12-10-24)8-7-16(15)14-19-20(26)23-22(28)25(21(19)27)17-5-3-2-4-6-17/h2-8,13-14H,9-12H2,1H3,(H,23,26,28)/b19-14+. The molecule has 4 rings (SSSR count). The van der Waals surface area contributed by atoms with E-state index in [1.807, 2.05) is 25.1 Å². The Morgan fingerprint density at radius 1 is 0.966 bits per heavy atom. The fourth-order valence-corrected chi connectivity index (χ4v) is 3.46. The number of urea groups is 1. The fraction of sp³-hybridized carbons (Fsp3) is 0.227. The largest absolute Gasteiger partial charge is 0.378 e. The van der Waals surface area contributed by atoms with Crippen LogP contribution in [0.1, 0.15) is 11.1 Å². The number of nitrogens with zero attached hydrogens (tertiary/aromatic N) is 2. The molecule has 148 valence electrons. The van der Waals surface area contributed by atoms with Gasteiger partial charge in [0.2, 0.25) is 0 Å². The molecule has 7 heteroatoms. The lowest BCUT2D eigenvalue weighted by atomic mass is 10.0. The molecule has 0 radical (unpaired) electrons. The van der Waals surface area contributed by atoms with E-state index in [-0.39, 0.29) is 5.57 Å². The molecule has 2 aliphatic heterocycles. The van der Waals surface area contributed by atoms with Gasteiger partial charge in [0.15, 0.2) is 0 Å². The van der Waals surface area contributed by atoms with Gasteiger partial charge in [0.25, 0.3) is 11.8 Å². The van der Waals surface area contributed by atoms with E-state index >= 15 is 0 Å². The Morgan fingerprint density at radius 2 is 1.69 bits per heavy atom. The van der Waals surface area contributed by atoms with E-state index in [1.165, 1.54) is 0 Å². The van der Waals surface area contributed by atoms with Crippen molar-refractivity contribution in [3.63, 3.8) is 0 Å². The minimum absolute atomic E-state index is 0.0734. The molecule has 2 aromatic carbocycles. The second kappa shape index (κ2) is 7.89. The molecule has 29 heavy (non-hydrogen) atoms. The van der Waals surface area contributed by atoms with Crippen molar-refractivity contribution in [2.45, 2.75) is 6.92 Å². The predicted octanol–water partition coefficient (Wildman–Crippen LogP) is 2.50. The van der Waals surface area contributed by atoms with Crippen molar-refractivity contribution in [2.75, 3.05) is 36.1 Å². The molecule has 7 nitrogen and oxygen atoms in total. The van der Waals surface area contributed by atoms with Crippen LogP contribution in [0.15, 0.2) is 54.1 Å². The third-order valence-corrected chi connectivity index (χ3v) is 5.05. The van der Waals surface area contributed by atoms with Crippen LogP contribution in [0.2, 0.25) is 0 Å². The zero-order chi connectivity index (χ0) is 20.4. The number of morpholine rings is 1. The molecule has 2 saturated heterocycles. The van der Waals surface area contributed by atoms with Crippen LogP contribution in [0.4, 0.5) is 16.2 Å². The summed E-state index contributed by atoms with van der Waals surface area (Å²) in [5, 5.41) is 2.25. The summed E-state index contributed by atoms with van der Waals surface area (Å²) in [6.07, 6.45) is 1.54. The molecular formula is C22H21N3O4. The van der Waals surface area contributed by atoms with E-state index in [2.05, 4.69) is 10.2 Å². The lowest BCUT2D eigenvalue weighted by Gasteiger charge is -2.29. The molecule has 0 aliphatic carbocycles. The van der Waals surface area contributed by atoms with Gasteiger partial charge in [-0.25, -0.2) is 9.69 Å². The van der Waals surface area contributed by atoms with E-state index in [0.29, 0.717) is 18.9 Å². The molecule has 2 aromatic rings. The normalized spacial score (nSPS) is 18.9. The third-order valence-electron chi connectivity index (χ3n) is 5.05. The molecule has 1 N–H and O–H groups in total. The molecule has 2 heterocycles. The van der Waals surface area contributed by atoms with Crippen LogP contribution in [0.25, 0.3) is 6.08 Å². The summed E-state index contributed by atoms with van der Waals surface area (Å²) < 4.78 is 5.39. The number of benzene rings is 2. The number of ether oxygens (including phenoxy) is 1. The van der Waals surface area contributed by atoms with Gasteiger partial charge in [0, 0.05) is 18.8 Å². The first kappa shape index (κ1) is 18.9. The van der Waals surface area contributed by atoms with E-state index in [0.717, 1.165) is 34.8 Å². The smallest absolute Gasteiger partial charge is 0.335 e. The number of hydrogen-bond donors (Lipinski definition) is 1. The maximum absolute atomic E-state index is 12.9. The van der Waals surface area contributed by atoms with Gasteiger partial charge in [0.1, 0.15) is 5.57 Å². The Balaban J connectivity index is 1.65. The van der Waals surface area contributed by atoms with Crippen LogP contribution < -0.4 is 15.1 Å².